The van der Waals surface area contributed by atoms with Gasteiger partial charge in [-0.05, 0) is 48.5 Å². The van der Waals surface area contributed by atoms with E-state index >= 15 is 0 Å². The first kappa shape index (κ1) is 17.6. The lowest BCUT2D eigenvalue weighted by Gasteiger charge is -2.22. The first-order chi connectivity index (χ1) is 13.7. The predicted octanol–water partition coefficient (Wildman–Crippen LogP) is 4.25. The Hall–Kier alpha value is -3.80. The maximum atomic E-state index is 13.4. The highest BCUT2D eigenvalue weighted by Gasteiger charge is 2.20. The predicted molar refractivity (Wildman–Crippen MR) is 105 cm³/mol. The fourth-order valence-corrected chi connectivity index (χ4v) is 2.87. The summed E-state index contributed by atoms with van der Waals surface area (Å²) in [6.45, 7) is 0.266. The molecule has 0 atom stereocenters. The van der Waals surface area contributed by atoms with E-state index in [-0.39, 0.29) is 18.3 Å². The molecule has 0 unspecified atom stereocenters. The minimum Gasteiger partial charge on any atom is -0.302 e. The molecule has 0 radical (unpaired) electrons. The Kier molecular flexibility index (Phi) is 4.93. The van der Waals surface area contributed by atoms with Crippen LogP contribution in [0.15, 0.2) is 91.4 Å². The van der Waals surface area contributed by atoms with E-state index in [0.717, 1.165) is 11.4 Å². The van der Waals surface area contributed by atoms with Gasteiger partial charge in [0.1, 0.15) is 5.82 Å². The molecular formula is C22H17FN4O. The van der Waals surface area contributed by atoms with Crippen LogP contribution in [0.2, 0.25) is 0 Å². The number of benzene rings is 2. The number of anilines is 1. The van der Waals surface area contributed by atoms with Gasteiger partial charge in [-0.3, -0.25) is 9.78 Å². The van der Waals surface area contributed by atoms with Crippen LogP contribution in [0.4, 0.5) is 10.1 Å². The second-order valence-corrected chi connectivity index (χ2v) is 6.20. The largest absolute Gasteiger partial charge is 0.302 e. The van der Waals surface area contributed by atoms with Crippen molar-refractivity contribution in [1.82, 2.24) is 14.8 Å². The molecule has 2 aromatic heterocycles. The van der Waals surface area contributed by atoms with Crippen LogP contribution in [0, 0.1) is 5.82 Å². The molecule has 2 aromatic carbocycles. The molecule has 6 heteroatoms. The Morgan fingerprint density at radius 1 is 0.964 bits per heavy atom. The molecule has 0 saturated carbocycles. The van der Waals surface area contributed by atoms with Crippen LogP contribution < -0.4 is 4.90 Å². The summed E-state index contributed by atoms with van der Waals surface area (Å²) < 4.78 is 15.0. The maximum Gasteiger partial charge on any atom is 0.261 e. The zero-order valence-corrected chi connectivity index (χ0v) is 14.9. The van der Waals surface area contributed by atoms with Gasteiger partial charge in [0.2, 0.25) is 0 Å². The average molecular weight is 372 g/mol. The van der Waals surface area contributed by atoms with Gasteiger partial charge in [0.05, 0.1) is 29.7 Å². The lowest BCUT2D eigenvalue weighted by molar-refractivity contribution is 0.0984. The zero-order valence-electron chi connectivity index (χ0n) is 14.9. The molecule has 0 N–H and O–H groups in total. The van der Waals surface area contributed by atoms with Crippen LogP contribution in [-0.4, -0.2) is 20.7 Å². The van der Waals surface area contributed by atoms with Crippen LogP contribution in [0.5, 0.6) is 0 Å². The molecule has 0 aliphatic carbocycles. The van der Waals surface area contributed by atoms with Gasteiger partial charge < -0.3 is 4.90 Å². The van der Waals surface area contributed by atoms with E-state index < -0.39 is 0 Å². The highest BCUT2D eigenvalue weighted by Crippen LogP contribution is 2.21. The van der Waals surface area contributed by atoms with Crippen LogP contribution in [-0.2, 0) is 6.54 Å². The van der Waals surface area contributed by atoms with Crippen molar-refractivity contribution in [1.29, 1.82) is 0 Å². The molecule has 0 saturated heterocycles. The van der Waals surface area contributed by atoms with Crippen LogP contribution in [0.3, 0.4) is 0 Å². The number of hydrogen-bond acceptors (Lipinski definition) is 3. The Bertz CT molecular complexity index is 1060. The molecule has 0 fully saturated rings. The lowest BCUT2D eigenvalue weighted by atomic mass is 10.2. The Balaban J connectivity index is 1.67. The van der Waals surface area contributed by atoms with Crippen molar-refractivity contribution in [2.75, 3.05) is 4.90 Å². The number of carbonyl (C=O) groups excluding carboxylic acids is 1. The molecule has 4 aromatic rings. The third-order valence-corrected chi connectivity index (χ3v) is 4.28. The number of nitrogens with zero attached hydrogens (tertiary/aromatic N) is 4. The Morgan fingerprint density at radius 2 is 1.71 bits per heavy atom. The van der Waals surface area contributed by atoms with E-state index in [0.29, 0.717) is 11.3 Å². The van der Waals surface area contributed by atoms with E-state index in [2.05, 4.69) is 10.1 Å². The molecule has 2 heterocycles. The summed E-state index contributed by atoms with van der Waals surface area (Å²) in [5, 5.41) is 4.30. The first-order valence-electron chi connectivity index (χ1n) is 8.78. The summed E-state index contributed by atoms with van der Waals surface area (Å²) in [6.07, 6.45) is 4.90. The van der Waals surface area contributed by atoms with Crippen LogP contribution >= 0.6 is 0 Å². The van der Waals surface area contributed by atoms with Crippen molar-refractivity contribution in [3.8, 4) is 5.69 Å². The van der Waals surface area contributed by atoms with Gasteiger partial charge in [0.15, 0.2) is 0 Å². The third kappa shape index (κ3) is 3.81. The van der Waals surface area contributed by atoms with Crippen molar-refractivity contribution in [2.45, 2.75) is 6.54 Å². The average Bonchev–Trinajstić information content (AvgIpc) is 3.24. The van der Waals surface area contributed by atoms with Gasteiger partial charge in [0.25, 0.3) is 5.91 Å². The van der Waals surface area contributed by atoms with Gasteiger partial charge in [-0.15, -0.1) is 0 Å². The van der Waals surface area contributed by atoms with Crippen molar-refractivity contribution in [3.05, 3.63) is 108 Å². The lowest BCUT2D eigenvalue weighted by Crippen LogP contribution is -2.30. The fourth-order valence-electron chi connectivity index (χ4n) is 2.87. The van der Waals surface area contributed by atoms with E-state index in [1.165, 1.54) is 18.3 Å². The Morgan fingerprint density at radius 3 is 2.43 bits per heavy atom. The fraction of sp³-hybridized carbons (Fsp3) is 0.0455. The summed E-state index contributed by atoms with van der Waals surface area (Å²) in [5.41, 5.74) is 2.61. The van der Waals surface area contributed by atoms with E-state index in [9.17, 15) is 9.18 Å². The zero-order chi connectivity index (χ0) is 19.3. The van der Waals surface area contributed by atoms with Gasteiger partial charge in [-0.1, -0.05) is 24.3 Å². The van der Waals surface area contributed by atoms with Crippen LogP contribution in [0.1, 0.15) is 16.1 Å². The molecule has 0 aliphatic rings. The maximum absolute atomic E-state index is 13.4. The molecule has 0 spiro atoms. The number of hydrogen-bond donors (Lipinski definition) is 0. The normalized spacial score (nSPS) is 10.6. The Labute approximate surface area is 161 Å². The topological polar surface area (TPSA) is 51.0 Å². The van der Waals surface area contributed by atoms with E-state index in [1.54, 1.807) is 34.1 Å². The van der Waals surface area contributed by atoms with Gasteiger partial charge >= 0.3 is 0 Å². The molecule has 138 valence electrons. The summed E-state index contributed by atoms with van der Waals surface area (Å²) in [7, 11) is 0. The highest BCUT2D eigenvalue weighted by atomic mass is 19.1. The summed E-state index contributed by atoms with van der Waals surface area (Å²) in [4.78, 5) is 19.1. The number of para-hydroxylation sites is 1. The molecule has 28 heavy (non-hydrogen) atoms. The second-order valence-electron chi connectivity index (χ2n) is 6.20. The number of aromatic nitrogens is 3. The second kappa shape index (κ2) is 7.84. The highest BCUT2D eigenvalue weighted by molar-refractivity contribution is 6.05. The van der Waals surface area contributed by atoms with Crippen molar-refractivity contribution >= 4 is 11.6 Å². The summed E-state index contributed by atoms with van der Waals surface area (Å²) in [5.74, 6) is -0.592. The van der Waals surface area contributed by atoms with Crippen LogP contribution in [0.25, 0.3) is 5.69 Å². The quantitative estimate of drug-likeness (QED) is 0.526. The number of rotatable bonds is 5. The number of halogens is 1. The number of carbonyl (C=O) groups is 1. The van der Waals surface area contributed by atoms with Crippen molar-refractivity contribution < 1.29 is 9.18 Å². The summed E-state index contributed by atoms with van der Waals surface area (Å²) in [6, 6.07) is 20.9. The third-order valence-electron chi connectivity index (χ3n) is 4.28. The van der Waals surface area contributed by atoms with Gasteiger partial charge in [-0.2, -0.15) is 5.10 Å². The minimum absolute atomic E-state index is 0.237. The molecule has 0 aliphatic heterocycles. The summed E-state index contributed by atoms with van der Waals surface area (Å²) >= 11 is 0. The molecular weight excluding hydrogens is 355 g/mol. The molecule has 1 amide bonds. The minimum atomic E-state index is -0.356. The SMILES string of the molecule is O=C(c1cnn(-c2ccccc2)c1)N(Cc1ccccn1)c1ccc(F)cc1. The monoisotopic (exact) mass is 372 g/mol. The van der Waals surface area contributed by atoms with Gasteiger partial charge in [-0.25, -0.2) is 9.07 Å². The molecule has 0 bridgehead atoms. The van der Waals surface area contributed by atoms with Crippen molar-refractivity contribution in [3.63, 3.8) is 0 Å². The standard InChI is InChI=1S/C22H17FN4O/c23-18-9-11-20(12-10-18)26(16-19-6-4-5-13-24-19)22(28)17-14-25-27(15-17)21-7-2-1-3-8-21/h1-15H,16H2. The number of pyridine rings is 1. The smallest absolute Gasteiger partial charge is 0.261 e. The first-order valence-corrected chi connectivity index (χ1v) is 8.78. The van der Waals surface area contributed by atoms with E-state index in [1.807, 2.05) is 48.5 Å². The van der Waals surface area contributed by atoms with E-state index in [4.69, 9.17) is 0 Å². The van der Waals surface area contributed by atoms with Gasteiger partial charge in [0, 0.05) is 18.1 Å². The molecule has 5 nitrogen and oxygen atoms in total. The number of amides is 1. The van der Waals surface area contributed by atoms with Crippen molar-refractivity contribution in [2.24, 2.45) is 0 Å². The molecule has 4 rings (SSSR count).